The fourth-order valence-corrected chi connectivity index (χ4v) is 2.46. The lowest BCUT2D eigenvalue weighted by molar-refractivity contribution is -0.148. The molecule has 4 nitrogen and oxygen atoms in total. The Morgan fingerprint density at radius 2 is 2.19 bits per heavy atom. The number of ether oxygens (including phenoxy) is 2. The highest BCUT2D eigenvalue weighted by Crippen LogP contribution is 2.37. The number of rotatable bonds is 4. The molecule has 90 valence electrons. The minimum atomic E-state index is -0.845. The van der Waals surface area contributed by atoms with Gasteiger partial charge in [0.2, 0.25) is 0 Å². The molecule has 0 N–H and O–H groups in total. The smallest absolute Gasteiger partial charge is 0.338 e. The second kappa shape index (κ2) is 4.99. The van der Waals surface area contributed by atoms with Gasteiger partial charge in [-0.05, 0) is 13.3 Å². The molecule has 5 heteroatoms. The monoisotopic (exact) mass is 290 g/mol. The van der Waals surface area contributed by atoms with Crippen molar-refractivity contribution in [3.8, 4) is 0 Å². The predicted octanol–water partition coefficient (Wildman–Crippen LogP) is 1.97. The molecule has 0 aliphatic carbocycles. The maximum atomic E-state index is 11.7. The Morgan fingerprint density at radius 3 is 2.62 bits per heavy atom. The van der Waals surface area contributed by atoms with E-state index < -0.39 is 17.5 Å². The van der Waals surface area contributed by atoms with Gasteiger partial charge in [-0.2, -0.15) is 0 Å². The van der Waals surface area contributed by atoms with Crippen molar-refractivity contribution in [2.45, 2.75) is 32.3 Å². The first kappa shape index (κ1) is 13.2. The summed E-state index contributed by atoms with van der Waals surface area (Å²) < 4.78 is 9.99. The fourth-order valence-electron chi connectivity index (χ4n) is 1.95. The first-order valence-corrected chi connectivity index (χ1v) is 6.23. The van der Waals surface area contributed by atoms with Gasteiger partial charge in [-0.3, -0.25) is 0 Å². The van der Waals surface area contributed by atoms with Crippen LogP contribution in [0.25, 0.3) is 0 Å². The van der Waals surface area contributed by atoms with Crippen LogP contribution in [0.3, 0.4) is 0 Å². The van der Waals surface area contributed by atoms with Crippen LogP contribution in [0.2, 0.25) is 0 Å². The maximum absolute atomic E-state index is 11.7. The Kier molecular flexibility index (Phi) is 4.13. The summed E-state index contributed by atoms with van der Waals surface area (Å²) in [6, 6.07) is 0. The van der Waals surface area contributed by atoms with Gasteiger partial charge in [0.05, 0.1) is 18.3 Å². The number of carbonyl (C=O) groups excluding carboxylic acids is 2. The summed E-state index contributed by atoms with van der Waals surface area (Å²) in [6.07, 6.45) is 1.43. The topological polar surface area (TPSA) is 52.6 Å². The minimum Gasteiger partial charge on any atom is -0.466 e. The number of carbonyl (C=O) groups is 2. The molecule has 0 amide bonds. The van der Waals surface area contributed by atoms with E-state index in [2.05, 4.69) is 15.9 Å². The lowest BCUT2D eigenvalue weighted by atomic mass is 9.90. The van der Waals surface area contributed by atoms with Gasteiger partial charge in [0.25, 0.3) is 0 Å². The van der Waals surface area contributed by atoms with Crippen LogP contribution in [-0.4, -0.2) is 30.0 Å². The van der Waals surface area contributed by atoms with E-state index in [4.69, 9.17) is 9.47 Å². The third-order valence-corrected chi connectivity index (χ3v) is 3.21. The summed E-state index contributed by atoms with van der Waals surface area (Å²) in [5.41, 5.74) is -0.135. The van der Waals surface area contributed by atoms with E-state index in [1.165, 1.54) is 7.11 Å². The first-order chi connectivity index (χ1) is 7.50. The van der Waals surface area contributed by atoms with Crippen LogP contribution in [0.4, 0.5) is 0 Å². The Hall–Kier alpha value is -0.840. The molecule has 16 heavy (non-hydrogen) atoms. The van der Waals surface area contributed by atoms with Gasteiger partial charge in [0, 0.05) is 5.33 Å². The van der Waals surface area contributed by atoms with Gasteiger partial charge in [-0.1, -0.05) is 29.3 Å². The van der Waals surface area contributed by atoms with Crippen molar-refractivity contribution in [3.63, 3.8) is 0 Å². The van der Waals surface area contributed by atoms with Gasteiger partial charge in [0.1, 0.15) is 5.60 Å². The summed E-state index contributed by atoms with van der Waals surface area (Å²) in [4.78, 5) is 23.3. The molecule has 1 unspecified atom stereocenters. The number of alkyl halides is 1. The lowest BCUT2D eigenvalue weighted by Crippen LogP contribution is -2.32. The van der Waals surface area contributed by atoms with E-state index in [1.54, 1.807) is 6.92 Å². The molecule has 0 fully saturated rings. The summed E-state index contributed by atoms with van der Waals surface area (Å²) in [5, 5.41) is 0.301. The lowest BCUT2D eigenvalue weighted by Gasteiger charge is -2.24. The van der Waals surface area contributed by atoms with Crippen molar-refractivity contribution < 1.29 is 19.1 Å². The quantitative estimate of drug-likeness (QED) is 0.587. The predicted molar refractivity (Wildman–Crippen MR) is 62.2 cm³/mol. The summed E-state index contributed by atoms with van der Waals surface area (Å²) in [6.45, 7) is 3.72. The van der Waals surface area contributed by atoms with Gasteiger partial charge in [0.15, 0.2) is 0 Å². The molecular formula is C11H15BrO4. The highest BCUT2D eigenvalue weighted by Gasteiger charge is 2.46. The van der Waals surface area contributed by atoms with Crippen LogP contribution in [0.1, 0.15) is 26.7 Å². The van der Waals surface area contributed by atoms with E-state index in [9.17, 15) is 9.59 Å². The average Bonchev–Trinajstić information content (AvgIpc) is 2.48. The number of hydrogen-bond acceptors (Lipinski definition) is 4. The maximum Gasteiger partial charge on any atom is 0.338 e. The van der Waals surface area contributed by atoms with Crippen molar-refractivity contribution in [2.75, 3.05) is 12.4 Å². The molecule has 1 rings (SSSR count). The first-order valence-electron chi connectivity index (χ1n) is 5.11. The molecule has 1 aliphatic heterocycles. The van der Waals surface area contributed by atoms with Crippen molar-refractivity contribution in [1.82, 2.24) is 0 Å². The molecule has 1 heterocycles. The SMILES string of the molecule is CCCC1(C)OC(=O)C(CBr)=C1C(=O)OC. The number of halogens is 1. The van der Waals surface area contributed by atoms with Gasteiger partial charge in [-0.25, -0.2) is 9.59 Å². The normalized spacial score (nSPS) is 24.6. The zero-order valence-electron chi connectivity index (χ0n) is 9.63. The molecule has 0 saturated heterocycles. The molecule has 1 atom stereocenters. The highest BCUT2D eigenvalue weighted by atomic mass is 79.9. The van der Waals surface area contributed by atoms with Crippen molar-refractivity contribution >= 4 is 27.9 Å². The van der Waals surface area contributed by atoms with Gasteiger partial charge in [-0.15, -0.1) is 0 Å². The standard InChI is InChI=1S/C11H15BrO4/c1-4-5-11(2)8(10(14)15-3)7(6-12)9(13)16-11/h4-6H2,1-3H3. The van der Waals surface area contributed by atoms with Crippen LogP contribution < -0.4 is 0 Å². The number of hydrogen-bond donors (Lipinski definition) is 0. The Bertz CT molecular complexity index is 348. The van der Waals surface area contributed by atoms with Crippen molar-refractivity contribution in [2.24, 2.45) is 0 Å². The summed E-state index contributed by atoms with van der Waals surface area (Å²) >= 11 is 3.19. The van der Waals surface area contributed by atoms with Crippen LogP contribution in [0.15, 0.2) is 11.1 Å². The molecule has 0 bridgehead atoms. The second-order valence-electron chi connectivity index (χ2n) is 3.85. The summed E-state index contributed by atoms with van der Waals surface area (Å²) in [7, 11) is 1.30. The van der Waals surface area contributed by atoms with Gasteiger partial charge >= 0.3 is 11.9 Å². The molecular weight excluding hydrogens is 276 g/mol. The molecule has 1 aliphatic rings. The van der Waals surface area contributed by atoms with E-state index in [0.29, 0.717) is 22.9 Å². The molecule has 0 saturated carbocycles. The molecule has 0 aromatic carbocycles. The zero-order chi connectivity index (χ0) is 12.3. The van der Waals surface area contributed by atoms with Crippen molar-refractivity contribution in [1.29, 1.82) is 0 Å². The largest absolute Gasteiger partial charge is 0.466 e. The third kappa shape index (κ3) is 2.14. The zero-order valence-corrected chi connectivity index (χ0v) is 11.2. The van der Waals surface area contributed by atoms with Crippen LogP contribution in [0.5, 0.6) is 0 Å². The molecule has 0 aromatic heterocycles. The van der Waals surface area contributed by atoms with Crippen LogP contribution in [0, 0.1) is 0 Å². The Balaban J connectivity index is 3.20. The van der Waals surface area contributed by atoms with Crippen LogP contribution in [-0.2, 0) is 19.1 Å². The Labute approximate surface area is 103 Å². The number of methoxy groups -OCH3 is 1. The van der Waals surface area contributed by atoms with E-state index in [-0.39, 0.29) is 0 Å². The molecule has 0 radical (unpaired) electrons. The highest BCUT2D eigenvalue weighted by molar-refractivity contribution is 9.09. The van der Waals surface area contributed by atoms with Gasteiger partial charge < -0.3 is 9.47 Å². The van der Waals surface area contributed by atoms with E-state index >= 15 is 0 Å². The Morgan fingerprint density at radius 1 is 1.56 bits per heavy atom. The molecule has 0 spiro atoms. The average molecular weight is 291 g/mol. The number of esters is 2. The van der Waals surface area contributed by atoms with Crippen molar-refractivity contribution in [3.05, 3.63) is 11.1 Å². The third-order valence-electron chi connectivity index (χ3n) is 2.65. The second-order valence-corrected chi connectivity index (χ2v) is 4.41. The van der Waals surface area contributed by atoms with Crippen LogP contribution >= 0.6 is 15.9 Å². The number of cyclic esters (lactones) is 1. The fraction of sp³-hybridized carbons (Fsp3) is 0.636. The molecule has 0 aromatic rings. The minimum absolute atomic E-state index is 0.301. The van der Waals surface area contributed by atoms with E-state index in [0.717, 1.165) is 6.42 Å². The summed E-state index contributed by atoms with van der Waals surface area (Å²) in [5.74, 6) is -0.926. The van der Waals surface area contributed by atoms with E-state index in [1.807, 2.05) is 6.92 Å².